The van der Waals surface area contributed by atoms with Crippen molar-refractivity contribution in [2.75, 3.05) is 19.8 Å². The van der Waals surface area contributed by atoms with Crippen LogP contribution >= 0.6 is 7.82 Å². The van der Waals surface area contributed by atoms with Crippen molar-refractivity contribution in [1.82, 2.24) is 0 Å². The fourth-order valence-electron chi connectivity index (χ4n) is 7.12. The molecule has 354 valence electrons. The minimum atomic E-state index is -4.71. The fraction of sp³-hybridized carbons (Fsp3) is 0.896. The highest BCUT2D eigenvalue weighted by Crippen LogP contribution is 2.43. The van der Waals surface area contributed by atoms with Gasteiger partial charge >= 0.3 is 25.7 Å². The van der Waals surface area contributed by atoms with E-state index in [0.717, 1.165) is 38.5 Å². The molecule has 60 heavy (non-hydrogen) atoms. The van der Waals surface area contributed by atoms with Crippen LogP contribution in [0.25, 0.3) is 0 Å². The number of carboxylic acid groups (broad SMARTS) is 1. The monoisotopic (exact) mass is 874 g/mol. The van der Waals surface area contributed by atoms with E-state index >= 15 is 0 Å². The van der Waals surface area contributed by atoms with Crippen molar-refractivity contribution < 1.29 is 47.5 Å². The lowest BCUT2D eigenvalue weighted by Gasteiger charge is -2.20. The summed E-state index contributed by atoms with van der Waals surface area (Å²) in [5.74, 6) is -2.36. The summed E-state index contributed by atoms with van der Waals surface area (Å²) in [4.78, 5) is 46.1. The first-order chi connectivity index (χ1) is 29.1. The van der Waals surface area contributed by atoms with Gasteiger partial charge in [-0.25, -0.2) is 4.57 Å². The number of allylic oxidation sites excluding steroid dienone is 2. The number of aliphatic carboxylic acids is 1. The topological polar surface area (TPSA) is 172 Å². The van der Waals surface area contributed by atoms with Crippen LogP contribution in [0.2, 0.25) is 0 Å². The summed E-state index contributed by atoms with van der Waals surface area (Å²) in [6, 6.07) is -1.52. The second-order valence-electron chi connectivity index (χ2n) is 17.0. The molecule has 0 heterocycles. The Morgan fingerprint density at radius 1 is 0.500 bits per heavy atom. The Bertz CT molecular complexity index is 1070. The average Bonchev–Trinajstić information content (AvgIpc) is 3.22. The zero-order valence-corrected chi connectivity index (χ0v) is 39.5. The molecule has 0 aromatic carbocycles. The highest BCUT2D eigenvalue weighted by molar-refractivity contribution is 7.47. The van der Waals surface area contributed by atoms with E-state index in [1.54, 1.807) is 0 Å². The lowest BCUT2D eigenvalue weighted by Crippen LogP contribution is -2.34. The number of carbonyl (C=O) groups excluding carboxylic acids is 2. The van der Waals surface area contributed by atoms with Gasteiger partial charge in [0.2, 0.25) is 0 Å². The van der Waals surface area contributed by atoms with Crippen LogP contribution in [0.15, 0.2) is 12.2 Å². The van der Waals surface area contributed by atoms with E-state index in [4.69, 9.17) is 24.8 Å². The molecule has 4 N–H and O–H groups in total. The van der Waals surface area contributed by atoms with Crippen molar-refractivity contribution in [3.05, 3.63) is 12.2 Å². The molecule has 0 saturated carbocycles. The molecular weight excluding hydrogens is 781 g/mol. The largest absolute Gasteiger partial charge is 0.480 e. The number of phosphoric ester groups is 1. The maximum absolute atomic E-state index is 12.7. The normalized spacial score (nSPS) is 13.7. The second kappa shape index (κ2) is 43.9. The number of esters is 2. The third-order valence-electron chi connectivity index (χ3n) is 11.0. The maximum atomic E-state index is 12.7. The predicted octanol–water partition coefficient (Wildman–Crippen LogP) is 13.6. The molecule has 0 saturated heterocycles. The summed E-state index contributed by atoms with van der Waals surface area (Å²) in [6.07, 6.45) is 45.5. The first-order valence-electron chi connectivity index (χ1n) is 24.7. The molecular formula is C48H92NO10P. The van der Waals surface area contributed by atoms with Gasteiger partial charge in [-0.15, -0.1) is 0 Å². The van der Waals surface area contributed by atoms with Crippen molar-refractivity contribution >= 4 is 25.7 Å². The van der Waals surface area contributed by atoms with Gasteiger partial charge in [-0.1, -0.05) is 206 Å². The minimum absolute atomic E-state index is 0.167. The third-order valence-corrected chi connectivity index (χ3v) is 12.0. The van der Waals surface area contributed by atoms with Crippen LogP contribution in [-0.2, 0) is 37.5 Å². The standard InChI is InChI=1S/C48H92NO10P/c1-3-5-7-9-11-13-15-17-19-21-22-24-25-27-29-31-33-35-37-39-46(50)56-41-44(42-57-60(54,55)58-43-45(49)48(52)53)59-47(51)40-38-36-34-32-30-28-26-23-20-18-16-14-12-10-8-6-4-2/h17,19,44-45H,3-16,18,20-43,49H2,1-2H3,(H,52,53)(H,54,55)/b19-17-/t44-,45+/m1/s1. The van der Waals surface area contributed by atoms with Crippen molar-refractivity contribution in [1.29, 1.82) is 0 Å². The summed E-state index contributed by atoms with van der Waals surface area (Å²) in [6.45, 7) is 2.84. The van der Waals surface area contributed by atoms with Gasteiger partial charge in [0.25, 0.3) is 0 Å². The molecule has 0 fully saturated rings. The van der Waals surface area contributed by atoms with E-state index in [-0.39, 0.29) is 19.4 Å². The highest BCUT2D eigenvalue weighted by atomic mass is 31.2. The summed E-state index contributed by atoms with van der Waals surface area (Å²) < 4.78 is 32.8. The molecule has 0 aromatic heterocycles. The smallest absolute Gasteiger partial charge is 0.472 e. The lowest BCUT2D eigenvalue weighted by molar-refractivity contribution is -0.161. The van der Waals surface area contributed by atoms with Crippen molar-refractivity contribution in [2.45, 2.75) is 257 Å². The second-order valence-corrected chi connectivity index (χ2v) is 18.4. The van der Waals surface area contributed by atoms with Gasteiger partial charge in [0.1, 0.15) is 12.6 Å². The zero-order valence-electron chi connectivity index (χ0n) is 38.6. The number of ether oxygens (including phenoxy) is 2. The van der Waals surface area contributed by atoms with Crippen LogP contribution < -0.4 is 5.73 Å². The molecule has 12 heteroatoms. The molecule has 0 aliphatic rings. The van der Waals surface area contributed by atoms with Crippen LogP contribution in [0, 0.1) is 0 Å². The van der Waals surface area contributed by atoms with Crippen molar-refractivity contribution in [2.24, 2.45) is 5.73 Å². The Morgan fingerprint density at radius 3 is 1.22 bits per heavy atom. The number of hydrogen-bond donors (Lipinski definition) is 3. The minimum Gasteiger partial charge on any atom is -0.480 e. The van der Waals surface area contributed by atoms with E-state index in [2.05, 4.69) is 30.5 Å². The van der Waals surface area contributed by atoms with Gasteiger partial charge in [0.05, 0.1) is 13.2 Å². The Kier molecular flexibility index (Phi) is 42.6. The summed E-state index contributed by atoms with van der Waals surface area (Å²) >= 11 is 0. The van der Waals surface area contributed by atoms with Crippen LogP contribution in [0.1, 0.15) is 245 Å². The Hall–Kier alpha value is -1.78. The van der Waals surface area contributed by atoms with Gasteiger partial charge in [0.15, 0.2) is 6.10 Å². The van der Waals surface area contributed by atoms with Gasteiger partial charge in [-0.05, 0) is 38.5 Å². The molecule has 0 bridgehead atoms. The Labute approximate surface area is 367 Å². The molecule has 0 rings (SSSR count). The highest BCUT2D eigenvalue weighted by Gasteiger charge is 2.28. The zero-order chi connectivity index (χ0) is 44.2. The molecule has 3 atom stereocenters. The summed E-state index contributed by atoms with van der Waals surface area (Å²) in [5, 5.41) is 8.91. The molecule has 0 spiro atoms. The summed E-state index contributed by atoms with van der Waals surface area (Å²) in [5.41, 5.74) is 5.35. The molecule has 0 aromatic rings. The first-order valence-corrected chi connectivity index (χ1v) is 26.2. The first kappa shape index (κ1) is 58.2. The summed E-state index contributed by atoms with van der Waals surface area (Å²) in [7, 11) is -4.71. The van der Waals surface area contributed by atoms with Crippen LogP contribution in [0.3, 0.4) is 0 Å². The SMILES string of the molecule is CCCCCCCC/C=C\CCCCCCCCCCCC(=O)OC[C@H](COP(=O)(O)OC[C@H](N)C(=O)O)OC(=O)CCCCCCCCCCCCCCCCCCC. The quantitative estimate of drug-likeness (QED) is 0.0230. The van der Waals surface area contributed by atoms with Gasteiger partial charge in [-0.3, -0.25) is 23.4 Å². The lowest BCUT2D eigenvalue weighted by atomic mass is 10.0. The van der Waals surface area contributed by atoms with Gasteiger partial charge in [0, 0.05) is 12.8 Å². The van der Waals surface area contributed by atoms with E-state index in [1.165, 1.54) is 167 Å². The number of carboxylic acids is 1. The van der Waals surface area contributed by atoms with E-state index in [9.17, 15) is 23.8 Å². The van der Waals surface area contributed by atoms with Gasteiger partial charge < -0.3 is 25.2 Å². The van der Waals surface area contributed by atoms with Crippen LogP contribution in [-0.4, -0.2) is 59.9 Å². The number of carbonyl (C=O) groups is 3. The average molecular weight is 874 g/mol. The third kappa shape index (κ3) is 42.9. The van der Waals surface area contributed by atoms with Crippen LogP contribution in [0.4, 0.5) is 0 Å². The van der Waals surface area contributed by atoms with Crippen molar-refractivity contribution in [3.8, 4) is 0 Å². The van der Waals surface area contributed by atoms with E-state index in [1.807, 2.05) is 0 Å². The number of rotatable bonds is 47. The number of nitrogens with two attached hydrogens (primary N) is 1. The molecule has 0 aliphatic carbocycles. The fourth-order valence-corrected chi connectivity index (χ4v) is 7.90. The molecule has 0 radical (unpaired) electrons. The number of hydrogen-bond acceptors (Lipinski definition) is 9. The van der Waals surface area contributed by atoms with Crippen molar-refractivity contribution in [3.63, 3.8) is 0 Å². The van der Waals surface area contributed by atoms with Gasteiger partial charge in [-0.2, -0.15) is 0 Å². The molecule has 1 unspecified atom stereocenters. The molecule has 0 amide bonds. The molecule has 0 aliphatic heterocycles. The van der Waals surface area contributed by atoms with E-state index in [0.29, 0.717) is 12.8 Å². The number of unbranched alkanes of at least 4 members (excludes halogenated alkanes) is 31. The Balaban J connectivity index is 4.24. The van der Waals surface area contributed by atoms with E-state index < -0.39 is 51.1 Å². The maximum Gasteiger partial charge on any atom is 0.472 e. The Morgan fingerprint density at radius 2 is 0.833 bits per heavy atom. The predicted molar refractivity (Wildman–Crippen MR) is 245 cm³/mol. The van der Waals surface area contributed by atoms with Crippen LogP contribution in [0.5, 0.6) is 0 Å². The molecule has 11 nitrogen and oxygen atoms in total. The number of phosphoric acid groups is 1.